The zero-order valence-corrected chi connectivity index (χ0v) is 13.3. The minimum Gasteiger partial charge on any atom is -0.497 e. The number of pyridine rings is 1. The van der Waals surface area contributed by atoms with Gasteiger partial charge in [-0.1, -0.05) is 5.16 Å². The van der Waals surface area contributed by atoms with Crippen molar-refractivity contribution >= 4 is 21.6 Å². The van der Waals surface area contributed by atoms with E-state index in [4.69, 9.17) is 14.7 Å². The van der Waals surface area contributed by atoms with Crippen LogP contribution >= 0.6 is 15.9 Å². The Morgan fingerprint density at radius 1 is 1.33 bits per heavy atom. The molecule has 0 radical (unpaired) electrons. The summed E-state index contributed by atoms with van der Waals surface area (Å²) in [5.74, 6) is 1.25. The number of hydrogen-bond donors (Lipinski definition) is 1. The van der Waals surface area contributed by atoms with Gasteiger partial charge in [0.15, 0.2) is 0 Å². The average molecular weight is 351 g/mol. The van der Waals surface area contributed by atoms with E-state index < -0.39 is 0 Å². The molecule has 5 nitrogen and oxygen atoms in total. The van der Waals surface area contributed by atoms with Crippen molar-refractivity contribution in [1.29, 1.82) is 0 Å². The van der Waals surface area contributed by atoms with Crippen molar-refractivity contribution in [3.63, 3.8) is 0 Å². The Morgan fingerprint density at radius 2 is 2.14 bits per heavy atom. The van der Waals surface area contributed by atoms with Crippen molar-refractivity contribution in [3.05, 3.63) is 52.3 Å². The molecule has 0 fully saturated rings. The van der Waals surface area contributed by atoms with Crippen molar-refractivity contribution in [2.45, 2.75) is 13.5 Å². The Kier molecular flexibility index (Phi) is 5.16. The minimum absolute atomic E-state index is 0.312. The first-order chi connectivity index (χ1) is 10.1. The zero-order chi connectivity index (χ0) is 15.2. The fourth-order valence-electron chi connectivity index (χ4n) is 1.75. The van der Waals surface area contributed by atoms with Crippen LogP contribution < -0.4 is 9.47 Å². The summed E-state index contributed by atoms with van der Waals surface area (Å²) in [5, 5.41) is 12.2. The summed E-state index contributed by atoms with van der Waals surface area (Å²) in [6.45, 7) is 2.01. The highest BCUT2D eigenvalue weighted by Gasteiger charge is 2.10. The van der Waals surface area contributed by atoms with Gasteiger partial charge < -0.3 is 14.7 Å². The van der Waals surface area contributed by atoms with Crippen molar-refractivity contribution in [1.82, 2.24) is 4.98 Å². The Bertz CT molecular complexity index is 642. The molecule has 0 aliphatic heterocycles. The number of benzene rings is 1. The maximum absolute atomic E-state index is 8.94. The molecular formula is C15H15BrN2O3. The van der Waals surface area contributed by atoms with E-state index in [0.29, 0.717) is 29.4 Å². The molecular weight excluding hydrogens is 336 g/mol. The van der Waals surface area contributed by atoms with Crippen LogP contribution in [-0.2, 0) is 6.61 Å². The molecule has 0 amide bonds. The van der Waals surface area contributed by atoms with Crippen LogP contribution in [0.5, 0.6) is 11.5 Å². The minimum atomic E-state index is 0.312. The molecule has 1 N–H and O–H groups in total. The summed E-state index contributed by atoms with van der Waals surface area (Å²) >= 11 is 3.34. The molecule has 1 aromatic heterocycles. The highest BCUT2D eigenvalue weighted by molar-refractivity contribution is 9.10. The molecule has 6 heteroatoms. The highest BCUT2D eigenvalue weighted by Crippen LogP contribution is 2.26. The second-order valence-corrected chi connectivity index (χ2v) is 5.22. The number of nitrogens with zero attached hydrogens (tertiary/aromatic N) is 2. The fraction of sp³-hybridized carbons (Fsp3) is 0.200. The molecule has 0 aliphatic rings. The van der Waals surface area contributed by atoms with E-state index in [2.05, 4.69) is 26.1 Å². The molecule has 0 saturated carbocycles. The number of aromatic nitrogens is 1. The number of ether oxygens (including phenoxy) is 2. The molecule has 0 atom stereocenters. The van der Waals surface area contributed by atoms with E-state index in [1.807, 2.05) is 12.1 Å². The van der Waals surface area contributed by atoms with Gasteiger partial charge in [0.1, 0.15) is 18.1 Å². The lowest BCUT2D eigenvalue weighted by atomic mass is 10.1. The SMILES string of the molecule is COc1ccc(/C(C)=N/O)c(OCc2ccc(Br)cn2)c1. The molecule has 0 spiro atoms. The largest absolute Gasteiger partial charge is 0.497 e. The molecule has 1 aromatic carbocycles. The third-order valence-electron chi connectivity index (χ3n) is 2.89. The molecule has 2 rings (SSSR count). The first kappa shape index (κ1) is 15.3. The normalized spacial score (nSPS) is 11.3. The van der Waals surface area contributed by atoms with Crippen LogP contribution in [0.1, 0.15) is 18.2 Å². The van der Waals surface area contributed by atoms with Crippen molar-refractivity contribution in [2.75, 3.05) is 7.11 Å². The number of hydrogen-bond acceptors (Lipinski definition) is 5. The van der Waals surface area contributed by atoms with E-state index in [0.717, 1.165) is 10.2 Å². The third kappa shape index (κ3) is 3.95. The number of oxime groups is 1. The molecule has 110 valence electrons. The average Bonchev–Trinajstić information content (AvgIpc) is 2.53. The Hall–Kier alpha value is -2.08. The van der Waals surface area contributed by atoms with Gasteiger partial charge in [-0.15, -0.1) is 0 Å². The van der Waals surface area contributed by atoms with Crippen LogP contribution in [0.4, 0.5) is 0 Å². The first-order valence-electron chi connectivity index (χ1n) is 6.24. The lowest BCUT2D eigenvalue weighted by Crippen LogP contribution is -2.04. The van der Waals surface area contributed by atoms with Gasteiger partial charge in [0.05, 0.1) is 18.5 Å². The monoisotopic (exact) mass is 350 g/mol. The van der Waals surface area contributed by atoms with Gasteiger partial charge in [0.2, 0.25) is 0 Å². The zero-order valence-electron chi connectivity index (χ0n) is 11.7. The number of methoxy groups -OCH3 is 1. The fourth-order valence-corrected chi connectivity index (χ4v) is 1.98. The van der Waals surface area contributed by atoms with E-state index in [-0.39, 0.29) is 0 Å². The topological polar surface area (TPSA) is 63.9 Å². The van der Waals surface area contributed by atoms with Gasteiger partial charge in [-0.3, -0.25) is 4.98 Å². The van der Waals surface area contributed by atoms with Gasteiger partial charge >= 0.3 is 0 Å². The summed E-state index contributed by atoms with van der Waals surface area (Å²) in [4.78, 5) is 4.25. The van der Waals surface area contributed by atoms with E-state index >= 15 is 0 Å². The smallest absolute Gasteiger partial charge is 0.132 e. The predicted molar refractivity (Wildman–Crippen MR) is 83.3 cm³/mol. The van der Waals surface area contributed by atoms with Crippen LogP contribution in [0.25, 0.3) is 0 Å². The van der Waals surface area contributed by atoms with Gasteiger partial charge in [0.25, 0.3) is 0 Å². The van der Waals surface area contributed by atoms with Gasteiger partial charge in [0, 0.05) is 22.3 Å². The second-order valence-electron chi connectivity index (χ2n) is 4.30. The summed E-state index contributed by atoms with van der Waals surface area (Å²) in [7, 11) is 1.59. The predicted octanol–water partition coefficient (Wildman–Crippen LogP) is 3.63. The maximum atomic E-state index is 8.94. The molecule has 2 aromatic rings. The van der Waals surface area contributed by atoms with Crippen LogP contribution in [0.15, 0.2) is 46.2 Å². The molecule has 0 bridgehead atoms. The van der Waals surface area contributed by atoms with Gasteiger partial charge in [-0.25, -0.2) is 0 Å². The Balaban J connectivity index is 2.22. The number of halogens is 1. The molecule has 0 saturated heterocycles. The lowest BCUT2D eigenvalue weighted by Gasteiger charge is -2.12. The maximum Gasteiger partial charge on any atom is 0.132 e. The molecule has 1 heterocycles. The standard InChI is InChI=1S/C15H15BrN2O3/c1-10(18-19)14-6-5-13(20-2)7-15(14)21-9-12-4-3-11(16)8-17-12/h3-8,19H,9H2,1-2H3/b18-10+. The summed E-state index contributed by atoms with van der Waals surface area (Å²) in [5.41, 5.74) is 1.97. The first-order valence-corrected chi connectivity index (χ1v) is 7.03. The third-order valence-corrected chi connectivity index (χ3v) is 3.36. The van der Waals surface area contributed by atoms with E-state index in [1.165, 1.54) is 0 Å². The van der Waals surface area contributed by atoms with Gasteiger partial charge in [-0.2, -0.15) is 0 Å². The summed E-state index contributed by atoms with van der Waals surface area (Å²) in [6, 6.07) is 9.10. The molecule has 0 aliphatic carbocycles. The lowest BCUT2D eigenvalue weighted by molar-refractivity contribution is 0.296. The highest BCUT2D eigenvalue weighted by atomic mass is 79.9. The molecule has 0 unspecified atom stereocenters. The van der Waals surface area contributed by atoms with E-state index in [9.17, 15) is 0 Å². The molecule has 21 heavy (non-hydrogen) atoms. The van der Waals surface area contributed by atoms with Crippen molar-refractivity contribution in [3.8, 4) is 11.5 Å². The van der Waals surface area contributed by atoms with Crippen molar-refractivity contribution in [2.24, 2.45) is 5.16 Å². The quantitative estimate of drug-likeness (QED) is 0.508. The van der Waals surface area contributed by atoms with Crippen LogP contribution in [-0.4, -0.2) is 23.0 Å². The number of rotatable bonds is 5. The van der Waals surface area contributed by atoms with Crippen LogP contribution in [0.2, 0.25) is 0 Å². The Morgan fingerprint density at radius 3 is 2.76 bits per heavy atom. The van der Waals surface area contributed by atoms with Gasteiger partial charge in [-0.05, 0) is 47.1 Å². The Labute approximate surface area is 131 Å². The van der Waals surface area contributed by atoms with Crippen LogP contribution in [0, 0.1) is 0 Å². The van der Waals surface area contributed by atoms with Crippen LogP contribution in [0.3, 0.4) is 0 Å². The second kappa shape index (κ2) is 7.08. The van der Waals surface area contributed by atoms with E-state index in [1.54, 1.807) is 38.4 Å². The van der Waals surface area contributed by atoms with Crippen molar-refractivity contribution < 1.29 is 14.7 Å². The summed E-state index contributed by atoms with van der Waals surface area (Å²) < 4.78 is 11.9. The summed E-state index contributed by atoms with van der Waals surface area (Å²) in [6.07, 6.45) is 1.71.